The monoisotopic (exact) mass is 295 g/mol. The van der Waals surface area contributed by atoms with E-state index in [4.69, 9.17) is 0 Å². The first-order chi connectivity index (χ1) is 10.2. The van der Waals surface area contributed by atoms with Gasteiger partial charge >= 0.3 is 0 Å². The zero-order valence-corrected chi connectivity index (χ0v) is 13.9. The molecule has 1 unspecified atom stereocenters. The molecular weight excluding hydrogens is 262 g/mol. The van der Waals surface area contributed by atoms with Crippen LogP contribution in [0.15, 0.2) is 0 Å². The molecule has 0 radical (unpaired) electrons. The van der Waals surface area contributed by atoms with Crippen LogP contribution in [0.4, 0.5) is 0 Å². The minimum Gasteiger partial charge on any atom is -0.343 e. The number of amides is 1. The van der Waals surface area contributed by atoms with Crippen LogP contribution in [0.1, 0.15) is 52.4 Å². The molecule has 0 aromatic carbocycles. The van der Waals surface area contributed by atoms with Gasteiger partial charge < -0.3 is 15.1 Å². The molecule has 2 aliphatic rings. The van der Waals surface area contributed by atoms with Gasteiger partial charge in [-0.1, -0.05) is 6.92 Å². The molecule has 2 saturated heterocycles. The zero-order valence-electron chi connectivity index (χ0n) is 13.9. The number of hydrogen-bond donors (Lipinski definition) is 1. The van der Waals surface area contributed by atoms with E-state index in [0.29, 0.717) is 18.4 Å². The van der Waals surface area contributed by atoms with Crippen LogP contribution in [0.5, 0.6) is 0 Å². The molecule has 0 spiro atoms. The van der Waals surface area contributed by atoms with Gasteiger partial charge in [-0.2, -0.15) is 0 Å². The van der Waals surface area contributed by atoms with Crippen LogP contribution in [0.3, 0.4) is 0 Å². The Morgan fingerprint density at radius 1 is 1.14 bits per heavy atom. The minimum absolute atomic E-state index is 0.343. The molecule has 0 bridgehead atoms. The molecule has 2 rings (SSSR count). The molecule has 1 N–H and O–H groups in total. The summed E-state index contributed by atoms with van der Waals surface area (Å²) in [5, 5.41) is 3.59. The SMILES string of the molecule is CCN1CCC(C(C)NCCC(=O)N2CCCCC2)CC1. The van der Waals surface area contributed by atoms with Crippen LogP contribution in [-0.4, -0.2) is 61.0 Å². The number of rotatable bonds is 6. The summed E-state index contributed by atoms with van der Waals surface area (Å²) < 4.78 is 0. The third-order valence-electron chi connectivity index (χ3n) is 5.30. The number of carbonyl (C=O) groups is 1. The van der Waals surface area contributed by atoms with Crippen molar-refractivity contribution >= 4 is 5.91 Å². The van der Waals surface area contributed by atoms with Crippen molar-refractivity contribution in [1.82, 2.24) is 15.1 Å². The van der Waals surface area contributed by atoms with Crippen molar-refractivity contribution in [2.45, 2.75) is 58.4 Å². The molecule has 21 heavy (non-hydrogen) atoms. The van der Waals surface area contributed by atoms with E-state index in [1.807, 2.05) is 0 Å². The first kappa shape index (κ1) is 16.8. The summed E-state index contributed by atoms with van der Waals surface area (Å²) >= 11 is 0. The Morgan fingerprint density at radius 3 is 2.43 bits per heavy atom. The Labute approximate surface area is 130 Å². The highest BCUT2D eigenvalue weighted by Gasteiger charge is 2.23. The topological polar surface area (TPSA) is 35.6 Å². The molecule has 0 aliphatic carbocycles. The molecule has 0 saturated carbocycles. The highest BCUT2D eigenvalue weighted by atomic mass is 16.2. The Balaban J connectivity index is 1.60. The second-order valence-corrected chi connectivity index (χ2v) is 6.71. The summed E-state index contributed by atoms with van der Waals surface area (Å²) in [7, 11) is 0. The molecule has 2 heterocycles. The average Bonchev–Trinajstić information content (AvgIpc) is 2.55. The predicted molar refractivity (Wildman–Crippen MR) is 87.4 cm³/mol. The zero-order chi connectivity index (χ0) is 15.1. The predicted octanol–water partition coefficient (Wildman–Crippen LogP) is 2.10. The quantitative estimate of drug-likeness (QED) is 0.815. The highest BCUT2D eigenvalue weighted by Crippen LogP contribution is 2.20. The molecular formula is C17H33N3O. The fourth-order valence-electron chi connectivity index (χ4n) is 3.64. The first-order valence-electron chi connectivity index (χ1n) is 8.94. The normalized spacial score (nSPS) is 23.2. The molecule has 4 heteroatoms. The van der Waals surface area contributed by atoms with Gasteiger partial charge in [0.25, 0.3) is 0 Å². The molecule has 1 amide bonds. The molecule has 0 aromatic heterocycles. The summed E-state index contributed by atoms with van der Waals surface area (Å²) in [5.74, 6) is 1.12. The lowest BCUT2D eigenvalue weighted by molar-refractivity contribution is -0.132. The van der Waals surface area contributed by atoms with Gasteiger partial charge in [0.15, 0.2) is 0 Å². The molecule has 2 aliphatic heterocycles. The molecule has 122 valence electrons. The maximum atomic E-state index is 12.1. The summed E-state index contributed by atoms with van der Waals surface area (Å²) in [6.45, 7) is 11.0. The van der Waals surface area contributed by atoms with Crippen molar-refractivity contribution in [3.8, 4) is 0 Å². The van der Waals surface area contributed by atoms with Crippen molar-refractivity contribution < 1.29 is 4.79 Å². The van der Waals surface area contributed by atoms with Crippen molar-refractivity contribution in [1.29, 1.82) is 0 Å². The molecule has 1 atom stereocenters. The van der Waals surface area contributed by atoms with E-state index in [2.05, 4.69) is 29.0 Å². The van der Waals surface area contributed by atoms with Crippen LogP contribution >= 0.6 is 0 Å². The number of nitrogens with one attached hydrogen (secondary N) is 1. The highest BCUT2D eigenvalue weighted by molar-refractivity contribution is 5.76. The Morgan fingerprint density at radius 2 is 1.81 bits per heavy atom. The van der Waals surface area contributed by atoms with Gasteiger partial charge in [-0.15, -0.1) is 0 Å². The van der Waals surface area contributed by atoms with Gasteiger partial charge in [-0.25, -0.2) is 0 Å². The number of nitrogens with zero attached hydrogens (tertiary/aromatic N) is 2. The van der Waals surface area contributed by atoms with Gasteiger partial charge in [-0.05, 0) is 64.6 Å². The summed E-state index contributed by atoms with van der Waals surface area (Å²) in [5.41, 5.74) is 0. The maximum absolute atomic E-state index is 12.1. The van der Waals surface area contributed by atoms with E-state index < -0.39 is 0 Å². The second-order valence-electron chi connectivity index (χ2n) is 6.71. The van der Waals surface area contributed by atoms with Crippen LogP contribution in [0.25, 0.3) is 0 Å². The van der Waals surface area contributed by atoms with E-state index in [-0.39, 0.29) is 0 Å². The van der Waals surface area contributed by atoms with Crippen molar-refractivity contribution in [3.63, 3.8) is 0 Å². The molecule has 0 aromatic rings. The average molecular weight is 295 g/mol. The van der Waals surface area contributed by atoms with E-state index in [1.54, 1.807) is 0 Å². The van der Waals surface area contributed by atoms with Gasteiger partial charge in [-0.3, -0.25) is 4.79 Å². The number of likely N-dealkylation sites (tertiary alicyclic amines) is 2. The maximum Gasteiger partial charge on any atom is 0.223 e. The van der Waals surface area contributed by atoms with Crippen LogP contribution < -0.4 is 5.32 Å². The lowest BCUT2D eigenvalue weighted by Crippen LogP contribution is -2.43. The van der Waals surface area contributed by atoms with Gasteiger partial charge in [0, 0.05) is 32.1 Å². The third-order valence-corrected chi connectivity index (χ3v) is 5.30. The lowest BCUT2D eigenvalue weighted by atomic mass is 9.90. The fraction of sp³-hybridized carbons (Fsp3) is 0.941. The van der Waals surface area contributed by atoms with E-state index >= 15 is 0 Å². The summed E-state index contributed by atoms with van der Waals surface area (Å²) in [6.07, 6.45) is 6.91. The van der Waals surface area contributed by atoms with Crippen molar-refractivity contribution in [2.75, 3.05) is 39.3 Å². The number of carbonyl (C=O) groups excluding carboxylic acids is 1. The van der Waals surface area contributed by atoms with E-state index in [0.717, 1.165) is 25.6 Å². The van der Waals surface area contributed by atoms with E-state index in [9.17, 15) is 4.79 Å². The largest absolute Gasteiger partial charge is 0.343 e. The van der Waals surface area contributed by atoms with Crippen LogP contribution in [0.2, 0.25) is 0 Å². The Bertz CT molecular complexity index is 307. The van der Waals surface area contributed by atoms with Crippen LogP contribution in [0, 0.1) is 5.92 Å². The van der Waals surface area contributed by atoms with Gasteiger partial charge in [0.2, 0.25) is 5.91 Å². The molecule has 2 fully saturated rings. The third kappa shape index (κ3) is 5.26. The summed E-state index contributed by atoms with van der Waals surface area (Å²) in [4.78, 5) is 16.7. The number of hydrogen-bond acceptors (Lipinski definition) is 3. The number of piperidine rings is 2. The first-order valence-corrected chi connectivity index (χ1v) is 8.94. The lowest BCUT2D eigenvalue weighted by Gasteiger charge is -2.34. The van der Waals surface area contributed by atoms with Gasteiger partial charge in [0.1, 0.15) is 0 Å². The second kappa shape index (κ2) is 8.74. The van der Waals surface area contributed by atoms with E-state index in [1.165, 1.54) is 51.7 Å². The molecule has 4 nitrogen and oxygen atoms in total. The minimum atomic E-state index is 0.343. The summed E-state index contributed by atoms with van der Waals surface area (Å²) in [6, 6.07) is 0.540. The van der Waals surface area contributed by atoms with Gasteiger partial charge in [0.05, 0.1) is 0 Å². The van der Waals surface area contributed by atoms with Crippen molar-refractivity contribution in [2.24, 2.45) is 5.92 Å². The van der Waals surface area contributed by atoms with Crippen LogP contribution in [-0.2, 0) is 4.79 Å². The Hall–Kier alpha value is -0.610. The van der Waals surface area contributed by atoms with Crippen molar-refractivity contribution in [3.05, 3.63) is 0 Å². The Kier molecular flexibility index (Phi) is 6.97. The smallest absolute Gasteiger partial charge is 0.223 e. The standard InChI is InChI=1S/C17H33N3O/c1-3-19-13-8-16(9-14-19)15(2)18-10-7-17(21)20-11-5-4-6-12-20/h15-16,18H,3-14H2,1-2H3. The fourth-order valence-corrected chi connectivity index (χ4v) is 3.64.